The Morgan fingerprint density at radius 2 is 1.73 bits per heavy atom. The van der Waals surface area contributed by atoms with Crippen molar-refractivity contribution in [3.8, 4) is 0 Å². The van der Waals surface area contributed by atoms with Crippen LogP contribution >= 0.6 is 11.3 Å². The summed E-state index contributed by atoms with van der Waals surface area (Å²) in [4.78, 5) is 14.1. The van der Waals surface area contributed by atoms with Gasteiger partial charge in [-0.15, -0.1) is 11.3 Å². The van der Waals surface area contributed by atoms with Crippen molar-refractivity contribution < 1.29 is 21.6 Å². The van der Waals surface area contributed by atoms with Gasteiger partial charge in [0, 0.05) is 18.8 Å². The molecule has 1 aromatic carbocycles. The molecule has 0 aliphatic carbocycles. The van der Waals surface area contributed by atoms with E-state index in [1.54, 1.807) is 24.3 Å². The van der Waals surface area contributed by atoms with Crippen molar-refractivity contribution in [2.24, 2.45) is 0 Å². The van der Waals surface area contributed by atoms with Crippen LogP contribution < -0.4 is 4.72 Å². The molecule has 0 atom stereocenters. The molecule has 2 aromatic rings. The Kier molecular flexibility index (Phi) is 5.09. The fourth-order valence-corrected chi connectivity index (χ4v) is 6.21. The standard InChI is InChI=1S/C16H18N2O5S3/c1-12-2-4-13(5-3-12)17-26(22,23)14-6-9-24-15(14)16(19)18-7-10-25(20,21)11-8-18/h2-6,9,17H,7-8,10-11H2,1H3. The molecule has 0 radical (unpaired) electrons. The van der Waals surface area contributed by atoms with Gasteiger partial charge in [0.1, 0.15) is 9.77 Å². The lowest BCUT2D eigenvalue weighted by Crippen LogP contribution is -2.43. The molecule has 1 aliphatic rings. The van der Waals surface area contributed by atoms with Gasteiger partial charge >= 0.3 is 0 Å². The highest BCUT2D eigenvalue weighted by Crippen LogP contribution is 2.26. The van der Waals surface area contributed by atoms with Gasteiger partial charge in [-0.3, -0.25) is 9.52 Å². The molecule has 0 bridgehead atoms. The van der Waals surface area contributed by atoms with Gasteiger partial charge < -0.3 is 4.90 Å². The monoisotopic (exact) mass is 414 g/mol. The molecule has 1 amide bonds. The van der Waals surface area contributed by atoms with E-state index in [-0.39, 0.29) is 34.4 Å². The second-order valence-corrected chi connectivity index (χ2v) is 10.9. The maximum atomic E-state index is 12.7. The van der Waals surface area contributed by atoms with E-state index in [0.717, 1.165) is 16.9 Å². The normalized spacial score (nSPS) is 17.0. The van der Waals surface area contributed by atoms with Crippen molar-refractivity contribution in [2.75, 3.05) is 29.3 Å². The third kappa shape index (κ3) is 4.08. The average molecular weight is 415 g/mol. The number of nitrogens with one attached hydrogen (secondary N) is 1. The second kappa shape index (κ2) is 7.01. The molecule has 1 fully saturated rings. The van der Waals surface area contributed by atoms with Crippen LogP contribution in [0.25, 0.3) is 0 Å². The zero-order chi connectivity index (χ0) is 18.9. The summed E-state index contributed by atoms with van der Waals surface area (Å²) in [6.45, 7) is 2.04. The van der Waals surface area contributed by atoms with Crippen LogP contribution in [0.1, 0.15) is 15.2 Å². The third-order valence-corrected chi connectivity index (χ3v) is 8.11. The number of carbonyl (C=O) groups excluding carboxylic acids is 1. The lowest BCUT2D eigenvalue weighted by atomic mass is 10.2. The van der Waals surface area contributed by atoms with Gasteiger partial charge in [-0.05, 0) is 30.5 Å². The van der Waals surface area contributed by atoms with Crippen LogP contribution in [0.3, 0.4) is 0 Å². The van der Waals surface area contributed by atoms with Crippen molar-refractivity contribution >= 4 is 42.8 Å². The zero-order valence-corrected chi connectivity index (χ0v) is 16.5. The maximum absolute atomic E-state index is 12.7. The molecule has 1 aliphatic heterocycles. The van der Waals surface area contributed by atoms with E-state index >= 15 is 0 Å². The van der Waals surface area contributed by atoms with Gasteiger partial charge in [-0.25, -0.2) is 16.8 Å². The number of sulfone groups is 1. The molecule has 0 saturated carbocycles. The topological polar surface area (TPSA) is 101 Å². The quantitative estimate of drug-likeness (QED) is 0.821. The number of carbonyl (C=O) groups is 1. The summed E-state index contributed by atoms with van der Waals surface area (Å²) in [7, 11) is -7.05. The first kappa shape index (κ1) is 18.9. The van der Waals surface area contributed by atoms with Crippen molar-refractivity contribution in [3.05, 3.63) is 46.2 Å². The number of hydrogen-bond acceptors (Lipinski definition) is 6. The van der Waals surface area contributed by atoms with Crippen LogP contribution in [-0.4, -0.2) is 52.2 Å². The summed E-state index contributed by atoms with van der Waals surface area (Å²) >= 11 is 1.03. The SMILES string of the molecule is Cc1ccc(NS(=O)(=O)c2ccsc2C(=O)N2CCS(=O)(=O)CC2)cc1. The Morgan fingerprint density at radius 1 is 1.12 bits per heavy atom. The number of amides is 1. The van der Waals surface area contributed by atoms with Crippen LogP contribution in [0.4, 0.5) is 5.69 Å². The minimum Gasteiger partial charge on any atom is -0.336 e. The van der Waals surface area contributed by atoms with Crippen molar-refractivity contribution in [2.45, 2.75) is 11.8 Å². The van der Waals surface area contributed by atoms with Gasteiger partial charge in [0.05, 0.1) is 11.5 Å². The number of rotatable bonds is 4. The lowest BCUT2D eigenvalue weighted by Gasteiger charge is -2.26. The average Bonchev–Trinajstić information content (AvgIpc) is 3.07. The highest BCUT2D eigenvalue weighted by molar-refractivity contribution is 7.93. The molecule has 2 heterocycles. The minimum absolute atomic E-state index is 0.0734. The predicted molar refractivity (Wildman–Crippen MR) is 101 cm³/mol. The summed E-state index contributed by atoms with van der Waals surface area (Å²) < 4.78 is 50.9. The fourth-order valence-electron chi connectivity index (χ4n) is 2.56. The Balaban J connectivity index is 1.83. The van der Waals surface area contributed by atoms with E-state index in [1.807, 2.05) is 6.92 Å². The molecular weight excluding hydrogens is 396 g/mol. The van der Waals surface area contributed by atoms with E-state index < -0.39 is 25.8 Å². The zero-order valence-electron chi connectivity index (χ0n) is 14.0. The summed E-state index contributed by atoms with van der Waals surface area (Å²) in [6.07, 6.45) is 0. The number of thiophene rings is 1. The van der Waals surface area contributed by atoms with Crippen LogP contribution in [0.2, 0.25) is 0 Å². The molecule has 26 heavy (non-hydrogen) atoms. The number of anilines is 1. The summed E-state index contributed by atoms with van der Waals surface area (Å²) in [5.74, 6) is -0.666. The number of nitrogens with zero attached hydrogens (tertiary/aromatic N) is 1. The Hall–Kier alpha value is -1.91. The molecule has 10 heteroatoms. The van der Waals surface area contributed by atoms with Gasteiger partial charge in [0.25, 0.3) is 15.9 Å². The van der Waals surface area contributed by atoms with Crippen molar-refractivity contribution in [3.63, 3.8) is 0 Å². The molecule has 7 nitrogen and oxygen atoms in total. The first-order valence-corrected chi connectivity index (χ1v) is 12.0. The third-order valence-electron chi connectivity index (χ3n) is 4.05. The molecule has 3 rings (SSSR count). The number of benzene rings is 1. The molecule has 0 spiro atoms. The Morgan fingerprint density at radius 3 is 2.35 bits per heavy atom. The van der Waals surface area contributed by atoms with E-state index in [1.165, 1.54) is 16.3 Å². The minimum atomic E-state index is -3.93. The second-order valence-electron chi connectivity index (χ2n) is 6.03. The number of aryl methyl sites for hydroxylation is 1. The van der Waals surface area contributed by atoms with E-state index in [0.29, 0.717) is 5.69 Å². The summed E-state index contributed by atoms with van der Waals surface area (Å²) in [5.41, 5.74) is 1.41. The highest BCUT2D eigenvalue weighted by atomic mass is 32.2. The number of sulfonamides is 1. The van der Waals surface area contributed by atoms with E-state index in [2.05, 4.69) is 4.72 Å². The highest BCUT2D eigenvalue weighted by Gasteiger charge is 2.30. The lowest BCUT2D eigenvalue weighted by molar-refractivity contribution is 0.0771. The Bertz CT molecular complexity index is 1010. The van der Waals surface area contributed by atoms with Crippen molar-refractivity contribution in [1.29, 1.82) is 0 Å². The molecule has 1 aromatic heterocycles. The van der Waals surface area contributed by atoms with Gasteiger partial charge in [-0.1, -0.05) is 17.7 Å². The van der Waals surface area contributed by atoms with E-state index in [4.69, 9.17) is 0 Å². The first-order valence-electron chi connectivity index (χ1n) is 7.85. The van der Waals surface area contributed by atoms with Crippen LogP contribution in [0.15, 0.2) is 40.6 Å². The fraction of sp³-hybridized carbons (Fsp3) is 0.312. The smallest absolute Gasteiger partial charge is 0.265 e. The predicted octanol–water partition coefficient (Wildman–Crippen LogP) is 1.73. The van der Waals surface area contributed by atoms with Crippen LogP contribution in [0.5, 0.6) is 0 Å². The summed E-state index contributed by atoms with van der Waals surface area (Å²) in [5, 5.41) is 1.54. The maximum Gasteiger partial charge on any atom is 0.265 e. The summed E-state index contributed by atoms with van der Waals surface area (Å²) in [6, 6.07) is 8.25. The van der Waals surface area contributed by atoms with Crippen LogP contribution in [0, 0.1) is 6.92 Å². The molecular formula is C16H18N2O5S3. The molecule has 0 unspecified atom stereocenters. The number of hydrogen-bond donors (Lipinski definition) is 1. The van der Waals surface area contributed by atoms with Gasteiger partial charge in [-0.2, -0.15) is 0 Å². The molecule has 1 N–H and O–H groups in total. The molecule has 140 valence electrons. The molecule has 1 saturated heterocycles. The van der Waals surface area contributed by atoms with Gasteiger partial charge in [0.2, 0.25) is 0 Å². The van der Waals surface area contributed by atoms with Crippen LogP contribution in [-0.2, 0) is 19.9 Å². The van der Waals surface area contributed by atoms with Crippen molar-refractivity contribution in [1.82, 2.24) is 4.90 Å². The van der Waals surface area contributed by atoms with E-state index in [9.17, 15) is 21.6 Å². The Labute approximate surface area is 156 Å². The first-order chi connectivity index (χ1) is 12.2. The largest absolute Gasteiger partial charge is 0.336 e. The van der Waals surface area contributed by atoms with Gasteiger partial charge in [0.15, 0.2) is 9.84 Å².